The smallest absolute Gasteiger partial charge is 0.164 e. The number of fused-ring (bicyclic) bond motifs is 6. The SMILES string of the molecule is C=CCc1cc(CN2C3CCC2c2cnc4cc(C)nn4c2C3)cc(OC)c1OC. The average Bonchev–Trinajstić information content (AvgIpc) is 3.25. The molecule has 6 heteroatoms. The van der Waals surface area contributed by atoms with E-state index in [1.54, 1.807) is 14.2 Å². The van der Waals surface area contributed by atoms with Crippen molar-refractivity contribution >= 4 is 5.65 Å². The molecule has 2 aliphatic rings. The van der Waals surface area contributed by atoms with E-state index in [1.165, 1.54) is 23.2 Å². The van der Waals surface area contributed by atoms with Crippen molar-refractivity contribution in [2.45, 2.75) is 51.2 Å². The van der Waals surface area contributed by atoms with E-state index >= 15 is 0 Å². The van der Waals surface area contributed by atoms with Crippen molar-refractivity contribution in [3.8, 4) is 11.5 Å². The largest absolute Gasteiger partial charge is 0.493 e. The van der Waals surface area contributed by atoms with Gasteiger partial charge >= 0.3 is 0 Å². The van der Waals surface area contributed by atoms with Gasteiger partial charge in [-0.1, -0.05) is 12.1 Å². The molecule has 0 radical (unpaired) electrons. The molecule has 4 heterocycles. The number of nitrogens with zero attached hydrogens (tertiary/aromatic N) is 4. The number of benzene rings is 1. The van der Waals surface area contributed by atoms with E-state index in [0.717, 1.165) is 54.2 Å². The maximum atomic E-state index is 5.63. The Balaban J connectivity index is 1.50. The molecule has 3 aromatic rings. The maximum Gasteiger partial charge on any atom is 0.164 e. The van der Waals surface area contributed by atoms with Crippen LogP contribution in [-0.2, 0) is 19.4 Å². The van der Waals surface area contributed by atoms with Gasteiger partial charge in [0.2, 0.25) is 0 Å². The van der Waals surface area contributed by atoms with Crippen LogP contribution in [0, 0.1) is 6.92 Å². The molecule has 2 aliphatic heterocycles. The molecule has 0 N–H and O–H groups in total. The molecule has 1 saturated heterocycles. The molecule has 5 rings (SSSR count). The van der Waals surface area contributed by atoms with Crippen molar-refractivity contribution in [2.75, 3.05) is 14.2 Å². The first-order chi connectivity index (χ1) is 14.6. The number of hydrogen-bond acceptors (Lipinski definition) is 5. The molecular weight excluding hydrogens is 376 g/mol. The minimum Gasteiger partial charge on any atom is -0.493 e. The van der Waals surface area contributed by atoms with Gasteiger partial charge in [-0.05, 0) is 37.8 Å². The lowest BCUT2D eigenvalue weighted by Crippen LogP contribution is -2.38. The fraction of sp³-hybridized carbons (Fsp3) is 0.417. The van der Waals surface area contributed by atoms with Gasteiger partial charge in [-0.2, -0.15) is 5.10 Å². The van der Waals surface area contributed by atoms with Crippen LogP contribution in [0.25, 0.3) is 5.65 Å². The van der Waals surface area contributed by atoms with Crippen LogP contribution in [0.15, 0.2) is 37.1 Å². The number of ether oxygens (including phenoxy) is 2. The van der Waals surface area contributed by atoms with Gasteiger partial charge in [0.1, 0.15) is 0 Å². The molecule has 0 aliphatic carbocycles. The van der Waals surface area contributed by atoms with E-state index in [4.69, 9.17) is 14.6 Å². The first-order valence-electron chi connectivity index (χ1n) is 10.6. The fourth-order valence-corrected chi connectivity index (χ4v) is 5.26. The highest BCUT2D eigenvalue weighted by atomic mass is 16.5. The summed E-state index contributed by atoms with van der Waals surface area (Å²) in [6, 6.07) is 7.30. The third kappa shape index (κ3) is 2.98. The number of aromatic nitrogens is 3. The summed E-state index contributed by atoms with van der Waals surface area (Å²) in [6.45, 7) is 6.81. The van der Waals surface area contributed by atoms with Gasteiger partial charge in [0.25, 0.3) is 0 Å². The number of rotatable bonds is 6. The quantitative estimate of drug-likeness (QED) is 0.580. The molecular formula is C24H28N4O2. The third-order valence-electron chi connectivity index (χ3n) is 6.51. The van der Waals surface area contributed by atoms with Gasteiger partial charge in [-0.3, -0.25) is 4.90 Å². The van der Waals surface area contributed by atoms with Crippen LogP contribution in [0.2, 0.25) is 0 Å². The van der Waals surface area contributed by atoms with E-state index in [2.05, 4.69) is 45.4 Å². The highest BCUT2D eigenvalue weighted by Crippen LogP contribution is 2.45. The van der Waals surface area contributed by atoms with Crippen LogP contribution in [0.5, 0.6) is 11.5 Å². The van der Waals surface area contributed by atoms with Crippen LogP contribution in [0.3, 0.4) is 0 Å². The first-order valence-corrected chi connectivity index (χ1v) is 10.6. The molecule has 2 aromatic heterocycles. The molecule has 0 amide bonds. The first kappa shape index (κ1) is 19.1. The Hall–Kier alpha value is -2.86. The lowest BCUT2D eigenvalue weighted by molar-refractivity contribution is 0.165. The van der Waals surface area contributed by atoms with Gasteiger partial charge in [-0.15, -0.1) is 6.58 Å². The van der Waals surface area contributed by atoms with Gasteiger partial charge in [0, 0.05) is 48.4 Å². The summed E-state index contributed by atoms with van der Waals surface area (Å²) in [5.74, 6) is 1.58. The van der Waals surface area contributed by atoms with Crippen molar-refractivity contribution in [3.05, 3.63) is 65.1 Å². The van der Waals surface area contributed by atoms with E-state index in [-0.39, 0.29) is 0 Å². The Labute approximate surface area is 177 Å². The highest BCUT2D eigenvalue weighted by Gasteiger charge is 2.41. The normalized spacial score (nSPS) is 20.4. The molecule has 0 spiro atoms. The Morgan fingerprint density at radius 1 is 1.20 bits per heavy atom. The average molecular weight is 405 g/mol. The Morgan fingerprint density at radius 2 is 2.07 bits per heavy atom. The minimum absolute atomic E-state index is 0.385. The summed E-state index contributed by atoms with van der Waals surface area (Å²) in [5, 5.41) is 4.70. The second kappa shape index (κ2) is 7.43. The number of hydrogen-bond donors (Lipinski definition) is 0. The zero-order chi connectivity index (χ0) is 20.8. The predicted molar refractivity (Wildman–Crippen MR) is 116 cm³/mol. The Kier molecular flexibility index (Phi) is 4.74. The van der Waals surface area contributed by atoms with E-state index in [9.17, 15) is 0 Å². The second-order valence-corrected chi connectivity index (χ2v) is 8.32. The summed E-state index contributed by atoms with van der Waals surface area (Å²) >= 11 is 0. The number of methoxy groups -OCH3 is 2. The van der Waals surface area contributed by atoms with Crippen LogP contribution < -0.4 is 9.47 Å². The second-order valence-electron chi connectivity index (χ2n) is 8.32. The van der Waals surface area contributed by atoms with Gasteiger partial charge < -0.3 is 9.47 Å². The lowest BCUT2D eigenvalue weighted by atomic mass is 9.97. The van der Waals surface area contributed by atoms with E-state index in [0.29, 0.717) is 12.1 Å². The van der Waals surface area contributed by atoms with Crippen molar-refractivity contribution in [2.24, 2.45) is 0 Å². The van der Waals surface area contributed by atoms with E-state index in [1.807, 2.05) is 13.0 Å². The van der Waals surface area contributed by atoms with Crippen molar-refractivity contribution < 1.29 is 9.47 Å². The highest BCUT2D eigenvalue weighted by molar-refractivity contribution is 5.50. The van der Waals surface area contributed by atoms with Crippen molar-refractivity contribution in [1.29, 1.82) is 0 Å². The molecule has 2 atom stereocenters. The lowest BCUT2D eigenvalue weighted by Gasteiger charge is -2.36. The molecule has 2 bridgehead atoms. The molecule has 2 unspecified atom stereocenters. The molecule has 6 nitrogen and oxygen atoms in total. The zero-order valence-corrected chi connectivity index (χ0v) is 17.9. The van der Waals surface area contributed by atoms with Crippen LogP contribution in [-0.4, -0.2) is 39.8 Å². The summed E-state index contributed by atoms with van der Waals surface area (Å²) in [7, 11) is 3.39. The molecule has 156 valence electrons. The predicted octanol–water partition coefficient (Wildman–Crippen LogP) is 4.05. The van der Waals surface area contributed by atoms with Crippen molar-refractivity contribution in [3.63, 3.8) is 0 Å². The summed E-state index contributed by atoms with van der Waals surface area (Å²) in [5.41, 5.74) is 6.98. The Morgan fingerprint density at radius 3 is 2.83 bits per heavy atom. The van der Waals surface area contributed by atoms with Crippen LogP contribution in [0.1, 0.15) is 47.0 Å². The fourth-order valence-electron chi connectivity index (χ4n) is 5.26. The third-order valence-corrected chi connectivity index (χ3v) is 6.51. The van der Waals surface area contributed by atoms with E-state index < -0.39 is 0 Å². The molecule has 0 saturated carbocycles. The topological polar surface area (TPSA) is 51.9 Å². The van der Waals surface area contributed by atoms with Gasteiger partial charge in [0.05, 0.1) is 25.6 Å². The minimum atomic E-state index is 0.385. The standard InChI is InChI=1S/C24H28N4O2/c1-5-6-17-10-16(11-22(29-3)24(17)30-4)14-27-18-7-8-20(27)19-13-25-23-9-15(2)26-28(23)21(19)12-18/h5,9-11,13,18,20H,1,6-8,12,14H2,2-4H3. The van der Waals surface area contributed by atoms with Crippen LogP contribution >= 0.6 is 0 Å². The number of aryl methyl sites for hydroxylation is 1. The van der Waals surface area contributed by atoms with Crippen molar-refractivity contribution in [1.82, 2.24) is 19.5 Å². The molecule has 30 heavy (non-hydrogen) atoms. The Bertz CT molecular complexity index is 1120. The maximum absolute atomic E-state index is 5.63. The van der Waals surface area contributed by atoms with Gasteiger partial charge in [-0.25, -0.2) is 9.50 Å². The van der Waals surface area contributed by atoms with Gasteiger partial charge in [0.15, 0.2) is 17.1 Å². The summed E-state index contributed by atoms with van der Waals surface area (Å²) in [4.78, 5) is 7.32. The summed E-state index contributed by atoms with van der Waals surface area (Å²) in [6.07, 6.45) is 8.11. The summed E-state index contributed by atoms with van der Waals surface area (Å²) < 4.78 is 13.3. The van der Waals surface area contributed by atoms with Crippen LogP contribution in [0.4, 0.5) is 0 Å². The monoisotopic (exact) mass is 404 g/mol. The zero-order valence-electron chi connectivity index (χ0n) is 17.9. The molecule has 1 fully saturated rings. The molecule has 1 aromatic carbocycles. The number of allylic oxidation sites excluding steroid dienone is 1.